The highest BCUT2D eigenvalue weighted by Gasteiger charge is 2.17. The molecule has 1 aromatic carbocycles. The zero-order valence-electron chi connectivity index (χ0n) is 10.2. The van der Waals surface area contributed by atoms with Crippen molar-refractivity contribution in [1.82, 2.24) is 0 Å². The summed E-state index contributed by atoms with van der Waals surface area (Å²) in [7, 11) is 0. The first-order valence-electron chi connectivity index (χ1n) is 5.52. The van der Waals surface area contributed by atoms with E-state index in [4.69, 9.17) is 9.15 Å². The fraction of sp³-hybridized carbons (Fsp3) is 0.154. The Morgan fingerprint density at radius 3 is 2.79 bits per heavy atom. The third-order valence-electron chi connectivity index (χ3n) is 2.51. The first kappa shape index (κ1) is 12.8. The predicted molar refractivity (Wildman–Crippen MR) is 66.1 cm³/mol. The number of benzene rings is 1. The van der Waals surface area contributed by atoms with Gasteiger partial charge in [-0.15, -0.1) is 0 Å². The zero-order chi connectivity index (χ0) is 13.8. The van der Waals surface area contributed by atoms with Crippen LogP contribution in [0, 0.1) is 10.1 Å². The van der Waals surface area contributed by atoms with Crippen molar-refractivity contribution in [3.63, 3.8) is 0 Å². The number of carbonyl (C=O) groups excluding carboxylic acids is 1. The summed E-state index contributed by atoms with van der Waals surface area (Å²) < 4.78 is 10.4. The van der Waals surface area contributed by atoms with Crippen LogP contribution in [-0.4, -0.2) is 10.7 Å². The molecule has 0 unspecified atom stereocenters. The fourth-order valence-corrected chi connectivity index (χ4v) is 1.54. The lowest BCUT2D eigenvalue weighted by molar-refractivity contribution is -0.386. The van der Waals surface area contributed by atoms with Crippen molar-refractivity contribution in [2.24, 2.45) is 0 Å². The summed E-state index contributed by atoms with van der Waals surface area (Å²) in [5.41, 5.74) is 0.0382. The van der Waals surface area contributed by atoms with Gasteiger partial charge in [-0.2, -0.15) is 0 Å². The Bertz CT molecular complexity index is 604. The zero-order valence-corrected chi connectivity index (χ0v) is 10.2. The van der Waals surface area contributed by atoms with Gasteiger partial charge in [-0.1, -0.05) is 0 Å². The molecule has 1 heterocycles. The van der Waals surface area contributed by atoms with Crippen LogP contribution in [0.15, 0.2) is 41.0 Å². The Balaban J connectivity index is 2.24. The van der Waals surface area contributed by atoms with Crippen molar-refractivity contribution in [2.45, 2.75) is 13.5 Å². The Morgan fingerprint density at radius 1 is 1.42 bits per heavy atom. The average Bonchev–Trinajstić information content (AvgIpc) is 2.89. The molecule has 0 amide bonds. The van der Waals surface area contributed by atoms with Crippen molar-refractivity contribution in [2.75, 3.05) is 0 Å². The van der Waals surface area contributed by atoms with Crippen LogP contribution < -0.4 is 4.74 Å². The molecule has 0 bridgehead atoms. The quantitative estimate of drug-likeness (QED) is 0.469. The van der Waals surface area contributed by atoms with Gasteiger partial charge in [0, 0.05) is 11.6 Å². The molecular formula is C13H11NO5. The van der Waals surface area contributed by atoms with E-state index in [9.17, 15) is 14.9 Å². The fourth-order valence-electron chi connectivity index (χ4n) is 1.54. The Morgan fingerprint density at radius 2 is 2.21 bits per heavy atom. The minimum absolute atomic E-state index is 0.0905. The van der Waals surface area contributed by atoms with E-state index < -0.39 is 4.92 Å². The number of rotatable bonds is 5. The van der Waals surface area contributed by atoms with Crippen LogP contribution in [0.25, 0.3) is 0 Å². The summed E-state index contributed by atoms with van der Waals surface area (Å²) >= 11 is 0. The molecular weight excluding hydrogens is 250 g/mol. The number of hydrogen-bond acceptors (Lipinski definition) is 5. The third-order valence-corrected chi connectivity index (χ3v) is 2.51. The molecule has 6 heteroatoms. The average molecular weight is 261 g/mol. The topological polar surface area (TPSA) is 82.6 Å². The molecule has 0 N–H and O–H groups in total. The molecule has 98 valence electrons. The number of furan rings is 1. The van der Waals surface area contributed by atoms with E-state index in [2.05, 4.69) is 0 Å². The summed E-state index contributed by atoms with van der Waals surface area (Å²) in [4.78, 5) is 21.6. The molecule has 0 spiro atoms. The largest absolute Gasteiger partial charge is 0.479 e. The minimum Gasteiger partial charge on any atom is -0.479 e. The van der Waals surface area contributed by atoms with E-state index in [1.54, 1.807) is 12.1 Å². The van der Waals surface area contributed by atoms with Gasteiger partial charge in [0.2, 0.25) is 0 Å². The maximum Gasteiger partial charge on any atom is 0.311 e. The van der Waals surface area contributed by atoms with Gasteiger partial charge in [0.05, 0.1) is 11.2 Å². The van der Waals surface area contributed by atoms with Gasteiger partial charge in [0.15, 0.2) is 11.5 Å². The van der Waals surface area contributed by atoms with E-state index in [0.717, 1.165) is 0 Å². The lowest BCUT2D eigenvalue weighted by atomic mass is 10.1. The van der Waals surface area contributed by atoms with Crippen LogP contribution >= 0.6 is 0 Å². The molecule has 0 radical (unpaired) electrons. The van der Waals surface area contributed by atoms with Crippen LogP contribution in [0.3, 0.4) is 0 Å². The number of ether oxygens (including phenoxy) is 1. The van der Waals surface area contributed by atoms with Gasteiger partial charge < -0.3 is 9.15 Å². The predicted octanol–water partition coefficient (Wildman–Crippen LogP) is 2.97. The SMILES string of the molecule is CC(=O)c1ccc(OCc2ccco2)c([N+](=O)[O-])c1. The lowest BCUT2D eigenvalue weighted by Gasteiger charge is -2.06. The molecule has 0 aliphatic rings. The Kier molecular flexibility index (Phi) is 3.61. The molecule has 0 atom stereocenters. The smallest absolute Gasteiger partial charge is 0.311 e. The van der Waals surface area contributed by atoms with E-state index in [1.165, 1.54) is 31.4 Å². The number of Topliss-reactive ketones (excluding diaryl/α,β-unsaturated/α-hetero) is 1. The van der Waals surface area contributed by atoms with E-state index in [0.29, 0.717) is 5.76 Å². The molecule has 2 rings (SSSR count). The second kappa shape index (κ2) is 5.34. The molecule has 0 aliphatic carbocycles. The molecule has 6 nitrogen and oxygen atoms in total. The van der Waals surface area contributed by atoms with Gasteiger partial charge in [-0.05, 0) is 31.2 Å². The lowest BCUT2D eigenvalue weighted by Crippen LogP contribution is -2.01. The van der Waals surface area contributed by atoms with Crippen molar-refractivity contribution in [1.29, 1.82) is 0 Å². The van der Waals surface area contributed by atoms with Gasteiger partial charge >= 0.3 is 5.69 Å². The van der Waals surface area contributed by atoms with Crippen molar-refractivity contribution < 1.29 is 18.9 Å². The van der Waals surface area contributed by atoms with E-state index in [-0.39, 0.29) is 29.4 Å². The highest BCUT2D eigenvalue weighted by Crippen LogP contribution is 2.28. The Labute approximate surface area is 108 Å². The summed E-state index contributed by atoms with van der Waals surface area (Å²) in [5, 5.41) is 10.9. The van der Waals surface area contributed by atoms with Crippen LogP contribution in [-0.2, 0) is 6.61 Å². The molecule has 0 saturated carbocycles. The standard InChI is InChI=1S/C13H11NO5/c1-9(15)10-4-5-13(12(7-10)14(16)17)19-8-11-3-2-6-18-11/h2-7H,8H2,1H3. The Hall–Kier alpha value is -2.63. The van der Waals surface area contributed by atoms with Gasteiger partial charge in [-0.25, -0.2) is 0 Å². The van der Waals surface area contributed by atoms with Crippen LogP contribution in [0.2, 0.25) is 0 Å². The number of nitro benzene ring substituents is 1. The molecule has 0 aliphatic heterocycles. The summed E-state index contributed by atoms with van der Waals surface area (Å²) in [6.07, 6.45) is 1.49. The molecule has 19 heavy (non-hydrogen) atoms. The summed E-state index contributed by atoms with van der Waals surface area (Å²) in [6, 6.07) is 7.52. The summed E-state index contributed by atoms with van der Waals surface area (Å²) in [5.74, 6) is 0.428. The maximum atomic E-state index is 11.2. The first-order valence-corrected chi connectivity index (χ1v) is 5.52. The highest BCUT2D eigenvalue weighted by molar-refractivity contribution is 5.95. The van der Waals surface area contributed by atoms with Gasteiger partial charge in [-0.3, -0.25) is 14.9 Å². The first-order chi connectivity index (χ1) is 9.08. The van der Waals surface area contributed by atoms with Crippen molar-refractivity contribution in [3.8, 4) is 5.75 Å². The normalized spacial score (nSPS) is 10.2. The molecule has 0 saturated heterocycles. The van der Waals surface area contributed by atoms with Crippen molar-refractivity contribution >= 4 is 11.5 Å². The molecule has 1 aromatic heterocycles. The van der Waals surface area contributed by atoms with E-state index >= 15 is 0 Å². The van der Waals surface area contributed by atoms with Gasteiger partial charge in [0.1, 0.15) is 12.4 Å². The number of carbonyl (C=O) groups is 1. The number of hydrogen-bond donors (Lipinski definition) is 0. The number of nitrogens with zero attached hydrogens (tertiary/aromatic N) is 1. The van der Waals surface area contributed by atoms with Gasteiger partial charge in [0.25, 0.3) is 0 Å². The van der Waals surface area contributed by atoms with Crippen LogP contribution in [0.5, 0.6) is 5.75 Å². The monoisotopic (exact) mass is 261 g/mol. The van der Waals surface area contributed by atoms with E-state index in [1.807, 2.05) is 0 Å². The third kappa shape index (κ3) is 2.98. The maximum absolute atomic E-state index is 11.2. The van der Waals surface area contributed by atoms with Crippen molar-refractivity contribution in [3.05, 3.63) is 58.0 Å². The second-order valence-electron chi connectivity index (χ2n) is 3.86. The highest BCUT2D eigenvalue weighted by atomic mass is 16.6. The van der Waals surface area contributed by atoms with Crippen LogP contribution in [0.4, 0.5) is 5.69 Å². The van der Waals surface area contributed by atoms with Crippen LogP contribution in [0.1, 0.15) is 23.0 Å². The second-order valence-corrected chi connectivity index (χ2v) is 3.86. The molecule has 2 aromatic rings. The minimum atomic E-state index is -0.579. The number of nitro groups is 1. The number of ketones is 1. The summed E-state index contributed by atoms with van der Waals surface area (Å²) in [6.45, 7) is 1.44. The molecule has 0 fully saturated rings.